The Morgan fingerprint density at radius 3 is 2.31 bits per heavy atom. The number of nitrogens with zero attached hydrogens (tertiary/aromatic N) is 3. The van der Waals surface area contributed by atoms with Crippen molar-refractivity contribution in [2.24, 2.45) is 0 Å². The van der Waals surface area contributed by atoms with Gasteiger partial charge in [0.25, 0.3) is 0 Å². The van der Waals surface area contributed by atoms with Crippen LogP contribution in [0.15, 0.2) is 72.8 Å². The second kappa shape index (κ2) is 8.67. The minimum atomic E-state index is 0.784. The second-order valence-corrected chi connectivity index (χ2v) is 9.49. The first-order valence-corrected chi connectivity index (χ1v) is 12.2. The predicted molar refractivity (Wildman–Crippen MR) is 144 cm³/mol. The van der Waals surface area contributed by atoms with Gasteiger partial charge in [-0.2, -0.15) is 0 Å². The molecule has 0 radical (unpaired) electrons. The molecule has 0 aliphatic carbocycles. The minimum absolute atomic E-state index is 0.784. The van der Waals surface area contributed by atoms with E-state index in [2.05, 4.69) is 107 Å². The molecule has 3 aromatic heterocycles. The third-order valence-corrected chi connectivity index (χ3v) is 6.69. The van der Waals surface area contributed by atoms with Crippen molar-refractivity contribution in [1.29, 1.82) is 0 Å². The Kier molecular flexibility index (Phi) is 5.34. The van der Waals surface area contributed by atoms with E-state index in [0.29, 0.717) is 0 Å². The topological polar surface area (TPSA) is 60.6 Å². The number of rotatable bonds is 6. The van der Waals surface area contributed by atoms with Crippen LogP contribution in [0.2, 0.25) is 0 Å². The van der Waals surface area contributed by atoms with Crippen molar-refractivity contribution in [1.82, 2.24) is 24.8 Å². The standard InChI is InChI=1S/C30H29N5/c1-4-25-16-26(29-30(33-25)32-19(2)31-29)28-15-24-14-21(10-12-27(24)34-28)18-35(3)17-20-9-11-22-7-5-6-8-23(22)13-20/h5-16,34H,4,17-18H2,1-3H3,(H,31,32,33). The molecular weight excluding hydrogens is 430 g/mol. The molecule has 0 saturated heterocycles. The van der Waals surface area contributed by atoms with Crippen LogP contribution in [0.25, 0.3) is 44.1 Å². The molecule has 3 heterocycles. The van der Waals surface area contributed by atoms with Crippen molar-refractivity contribution in [3.63, 3.8) is 0 Å². The van der Waals surface area contributed by atoms with Gasteiger partial charge in [0.15, 0.2) is 5.65 Å². The summed E-state index contributed by atoms with van der Waals surface area (Å²) in [5.41, 5.74) is 8.81. The molecule has 3 aromatic carbocycles. The van der Waals surface area contributed by atoms with Gasteiger partial charge in [0.1, 0.15) is 5.82 Å². The maximum atomic E-state index is 4.69. The van der Waals surface area contributed by atoms with Crippen LogP contribution in [0.4, 0.5) is 0 Å². The van der Waals surface area contributed by atoms with Crippen molar-refractivity contribution in [2.45, 2.75) is 33.4 Å². The molecule has 0 fully saturated rings. The van der Waals surface area contributed by atoms with Crippen molar-refractivity contribution in [2.75, 3.05) is 7.05 Å². The summed E-state index contributed by atoms with van der Waals surface area (Å²) in [4.78, 5) is 18.6. The molecule has 0 spiro atoms. The van der Waals surface area contributed by atoms with E-state index in [1.807, 2.05) is 6.92 Å². The molecule has 0 unspecified atom stereocenters. The summed E-state index contributed by atoms with van der Waals surface area (Å²) < 4.78 is 0. The Bertz CT molecular complexity index is 1670. The first-order chi connectivity index (χ1) is 17.1. The number of hydrogen-bond acceptors (Lipinski definition) is 3. The third kappa shape index (κ3) is 4.19. The van der Waals surface area contributed by atoms with Gasteiger partial charge in [-0.3, -0.25) is 4.90 Å². The number of aromatic nitrogens is 4. The summed E-state index contributed by atoms with van der Waals surface area (Å²) in [5.74, 6) is 0.884. The average Bonchev–Trinajstić information content (AvgIpc) is 3.45. The van der Waals surface area contributed by atoms with Gasteiger partial charge in [-0.15, -0.1) is 0 Å². The first-order valence-electron chi connectivity index (χ1n) is 12.2. The molecule has 0 aliphatic heterocycles. The van der Waals surface area contributed by atoms with Crippen molar-refractivity contribution >= 4 is 32.8 Å². The lowest BCUT2D eigenvalue weighted by atomic mass is 10.1. The number of fused-ring (bicyclic) bond motifs is 3. The zero-order valence-electron chi connectivity index (χ0n) is 20.4. The van der Waals surface area contributed by atoms with Gasteiger partial charge in [-0.05, 0) is 72.6 Å². The number of imidazole rings is 1. The number of hydrogen-bond donors (Lipinski definition) is 2. The first kappa shape index (κ1) is 21.6. The molecule has 6 aromatic rings. The van der Waals surface area contributed by atoms with Gasteiger partial charge in [0, 0.05) is 40.9 Å². The summed E-state index contributed by atoms with van der Waals surface area (Å²) >= 11 is 0. The van der Waals surface area contributed by atoms with E-state index < -0.39 is 0 Å². The van der Waals surface area contributed by atoms with Gasteiger partial charge in [-0.25, -0.2) is 9.97 Å². The van der Waals surface area contributed by atoms with E-state index in [4.69, 9.17) is 4.98 Å². The highest BCUT2D eigenvalue weighted by atomic mass is 15.1. The maximum absolute atomic E-state index is 4.69. The van der Waals surface area contributed by atoms with E-state index in [0.717, 1.165) is 59.0 Å². The van der Waals surface area contributed by atoms with Crippen LogP contribution in [-0.2, 0) is 19.5 Å². The normalized spacial score (nSPS) is 11.9. The van der Waals surface area contributed by atoms with E-state index in [9.17, 15) is 0 Å². The number of benzene rings is 3. The van der Waals surface area contributed by atoms with Crippen LogP contribution < -0.4 is 0 Å². The highest BCUT2D eigenvalue weighted by Gasteiger charge is 2.14. The lowest BCUT2D eigenvalue weighted by Gasteiger charge is -2.17. The fourth-order valence-corrected chi connectivity index (χ4v) is 4.99. The Hall–Kier alpha value is -3.96. The van der Waals surface area contributed by atoms with Crippen molar-refractivity contribution in [3.8, 4) is 11.3 Å². The molecule has 0 bridgehead atoms. The monoisotopic (exact) mass is 459 g/mol. The maximum Gasteiger partial charge on any atom is 0.178 e. The molecule has 6 rings (SSSR count). The molecule has 2 N–H and O–H groups in total. The fraction of sp³-hybridized carbons (Fsp3) is 0.200. The Balaban J connectivity index is 1.26. The Morgan fingerprint density at radius 2 is 1.51 bits per heavy atom. The summed E-state index contributed by atoms with van der Waals surface area (Å²) in [6.45, 7) is 5.91. The van der Waals surface area contributed by atoms with E-state index in [1.165, 1.54) is 27.3 Å². The quantitative estimate of drug-likeness (QED) is 0.289. The summed E-state index contributed by atoms with van der Waals surface area (Å²) in [6.07, 6.45) is 0.878. The highest BCUT2D eigenvalue weighted by Crippen LogP contribution is 2.30. The lowest BCUT2D eigenvalue weighted by Crippen LogP contribution is -2.17. The van der Waals surface area contributed by atoms with Crippen molar-refractivity contribution < 1.29 is 0 Å². The SMILES string of the molecule is CCc1cc(-c2cc3cc(CN(C)Cc4ccc5ccccc5c4)ccc3[nH]2)c2[nH]c(C)nc2n1. The zero-order valence-corrected chi connectivity index (χ0v) is 20.4. The minimum Gasteiger partial charge on any atom is -0.354 e. The fourth-order valence-electron chi connectivity index (χ4n) is 4.99. The van der Waals surface area contributed by atoms with Crippen LogP contribution in [0.1, 0.15) is 29.6 Å². The molecule has 174 valence electrons. The Labute approximate surface area is 204 Å². The molecular formula is C30H29N5. The van der Waals surface area contributed by atoms with Gasteiger partial charge in [0.05, 0.1) is 5.52 Å². The summed E-state index contributed by atoms with van der Waals surface area (Å²) in [6, 6.07) is 26.4. The number of H-pyrrole nitrogens is 2. The average molecular weight is 460 g/mol. The van der Waals surface area contributed by atoms with E-state index in [1.54, 1.807) is 0 Å². The smallest absolute Gasteiger partial charge is 0.178 e. The number of aryl methyl sites for hydroxylation is 2. The predicted octanol–water partition coefficient (Wildman–Crippen LogP) is 6.76. The molecule has 35 heavy (non-hydrogen) atoms. The number of aromatic amines is 2. The molecule has 5 nitrogen and oxygen atoms in total. The molecule has 0 atom stereocenters. The molecule has 5 heteroatoms. The lowest BCUT2D eigenvalue weighted by molar-refractivity contribution is 0.319. The number of pyridine rings is 1. The second-order valence-electron chi connectivity index (χ2n) is 9.49. The van der Waals surface area contributed by atoms with E-state index >= 15 is 0 Å². The van der Waals surface area contributed by atoms with Crippen LogP contribution in [0.3, 0.4) is 0 Å². The van der Waals surface area contributed by atoms with Gasteiger partial charge < -0.3 is 9.97 Å². The van der Waals surface area contributed by atoms with Crippen LogP contribution in [0, 0.1) is 6.92 Å². The third-order valence-electron chi connectivity index (χ3n) is 6.69. The van der Waals surface area contributed by atoms with Crippen LogP contribution in [-0.4, -0.2) is 31.9 Å². The summed E-state index contributed by atoms with van der Waals surface area (Å²) in [7, 11) is 2.18. The van der Waals surface area contributed by atoms with Gasteiger partial charge >= 0.3 is 0 Å². The molecule has 0 saturated carbocycles. The molecule has 0 aliphatic rings. The Morgan fingerprint density at radius 1 is 0.771 bits per heavy atom. The van der Waals surface area contributed by atoms with Crippen molar-refractivity contribution in [3.05, 3.63) is 95.4 Å². The number of nitrogens with one attached hydrogen (secondary N) is 2. The largest absolute Gasteiger partial charge is 0.354 e. The van der Waals surface area contributed by atoms with Crippen LogP contribution >= 0.6 is 0 Å². The van der Waals surface area contributed by atoms with Gasteiger partial charge in [-0.1, -0.05) is 49.4 Å². The highest BCUT2D eigenvalue weighted by molar-refractivity contribution is 5.94. The van der Waals surface area contributed by atoms with E-state index in [-0.39, 0.29) is 0 Å². The van der Waals surface area contributed by atoms with Gasteiger partial charge in [0.2, 0.25) is 0 Å². The zero-order chi connectivity index (χ0) is 23.9. The summed E-state index contributed by atoms with van der Waals surface area (Å²) in [5, 5.41) is 3.80. The molecule has 0 amide bonds. The van der Waals surface area contributed by atoms with Crippen LogP contribution in [0.5, 0.6) is 0 Å².